The molecule has 2 heteroatoms. The molecule has 0 aromatic heterocycles. The van der Waals surface area contributed by atoms with Gasteiger partial charge in [-0.2, -0.15) is 0 Å². The SMILES string of the molecule is CCCCCC(NCC)C1=CCCO1. The van der Waals surface area contributed by atoms with Crippen molar-refractivity contribution in [3.8, 4) is 0 Å². The zero-order chi connectivity index (χ0) is 10.2. The van der Waals surface area contributed by atoms with E-state index in [2.05, 4.69) is 25.2 Å². The molecule has 1 atom stereocenters. The maximum absolute atomic E-state index is 5.60. The molecule has 1 aliphatic heterocycles. The van der Waals surface area contributed by atoms with E-state index in [-0.39, 0.29) is 0 Å². The van der Waals surface area contributed by atoms with Crippen molar-refractivity contribution in [3.63, 3.8) is 0 Å². The van der Waals surface area contributed by atoms with Crippen molar-refractivity contribution in [1.29, 1.82) is 0 Å². The van der Waals surface area contributed by atoms with Gasteiger partial charge in [0.1, 0.15) is 5.76 Å². The van der Waals surface area contributed by atoms with Gasteiger partial charge in [-0.1, -0.05) is 33.1 Å². The fourth-order valence-corrected chi connectivity index (χ4v) is 1.87. The molecule has 0 amide bonds. The van der Waals surface area contributed by atoms with Gasteiger partial charge in [0.05, 0.1) is 12.6 Å². The molecule has 0 spiro atoms. The topological polar surface area (TPSA) is 21.3 Å². The highest BCUT2D eigenvalue weighted by atomic mass is 16.5. The highest BCUT2D eigenvalue weighted by Gasteiger charge is 2.16. The molecule has 2 nitrogen and oxygen atoms in total. The van der Waals surface area contributed by atoms with Crippen molar-refractivity contribution in [2.24, 2.45) is 0 Å². The standard InChI is InChI=1S/C12H23NO/c1-3-5-6-8-11(13-4-2)12-9-7-10-14-12/h9,11,13H,3-8,10H2,1-2H3. The van der Waals surface area contributed by atoms with Gasteiger partial charge in [-0.15, -0.1) is 0 Å². The Kier molecular flexibility index (Phi) is 5.69. The Hall–Kier alpha value is -0.500. The summed E-state index contributed by atoms with van der Waals surface area (Å²) in [6.07, 6.45) is 8.46. The second-order valence-electron chi connectivity index (χ2n) is 3.85. The first-order valence-corrected chi connectivity index (χ1v) is 5.94. The van der Waals surface area contributed by atoms with Crippen LogP contribution in [0.2, 0.25) is 0 Å². The number of nitrogens with one attached hydrogen (secondary N) is 1. The molecule has 14 heavy (non-hydrogen) atoms. The van der Waals surface area contributed by atoms with E-state index in [1.165, 1.54) is 31.4 Å². The van der Waals surface area contributed by atoms with Crippen LogP contribution in [0, 0.1) is 0 Å². The highest BCUT2D eigenvalue weighted by molar-refractivity contribution is 5.06. The van der Waals surface area contributed by atoms with Crippen molar-refractivity contribution < 1.29 is 4.74 Å². The molecule has 0 aromatic carbocycles. The van der Waals surface area contributed by atoms with Gasteiger partial charge in [0.25, 0.3) is 0 Å². The summed E-state index contributed by atoms with van der Waals surface area (Å²) in [4.78, 5) is 0. The smallest absolute Gasteiger partial charge is 0.109 e. The lowest BCUT2D eigenvalue weighted by Gasteiger charge is -2.18. The van der Waals surface area contributed by atoms with Gasteiger partial charge in [0.15, 0.2) is 0 Å². The number of ether oxygens (including phenoxy) is 1. The molecule has 82 valence electrons. The van der Waals surface area contributed by atoms with E-state index in [9.17, 15) is 0 Å². The first kappa shape index (κ1) is 11.6. The van der Waals surface area contributed by atoms with Crippen LogP contribution in [0.3, 0.4) is 0 Å². The summed E-state index contributed by atoms with van der Waals surface area (Å²) in [6, 6.07) is 0.467. The Morgan fingerprint density at radius 3 is 2.86 bits per heavy atom. The molecule has 1 rings (SSSR count). The van der Waals surface area contributed by atoms with Gasteiger partial charge in [-0.05, 0) is 19.0 Å². The highest BCUT2D eigenvalue weighted by Crippen LogP contribution is 2.17. The van der Waals surface area contributed by atoms with E-state index in [0.717, 1.165) is 19.6 Å². The summed E-state index contributed by atoms with van der Waals surface area (Å²) >= 11 is 0. The zero-order valence-electron chi connectivity index (χ0n) is 9.51. The molecule has 1 heterocycles. The number of hydrogen-bond acceptors (Lipinski definition) is 2. The summed E-state index contributed by atoms with van der Waals surface area (Å²) in [5, 5.41) is 3.49. The van der Waals surface area contributed by atoms with Crippen LogP contribution in [-0.4, -0.2) is 19.2 Å². The molecule has 0 radical (unpaired) electrons. The molecule has 0 bridgehead atoms. The minimum absolute atomic E-state index is 0.467. The van der Waals surface area contributed by atoms with E-state index in [1.807, 2.05) is 0 Å². The Morgan fingerprint density at radius 1 is 1.43 bits per heavy atom. The third-order valence-electron chi connectivity index (χ3n) is 2.62. The van der Waals surface area contributed by atoms with Gasteiger partial charge in [-0.3, -0.25) is 0 Å². The fourth-order valence-electron chi connectivity index (χ4n) is 1.87. The van der Waals surface area contributed by atoms with Gasteiger partial charge < -0.3 is 10.1 Å². The van der Waals surface area contributed by atoms with Crippen molar-refractivity contribution >= 4 is 0 Å². The van der Waals surface area contributed by atoms with Gasteiger partial charge in [0.2, 0.25) is 0 Å². The van der Waals surface area contributed by atoms with E-state index < -0.39 is 0 Å². The first-order valence-electron chi connectivity index (χ1n) is 5.94. The Labute approximate surface area is 87.7 Å². The molecule has 0 aromatic rings. The minimum Gasteiger partial charge on any atom is -0.496 e. The fraction of sp³-hybridized carbons (Fsp3) is 0.833. The summed E-state index contributed by atoms with van der Waals surface area (Å²) in [7, 11) is 0. The summed E-state index contributed by atoms with van der Waals surface area (Å²) in [6.45, 7) is 6.30. The lowest BCUT2D eigenvalue weighted by Crippen LogP contribution is -2.31. The van der Waals surface area contributed by atoms with Crippen LogP contribution in [0.15, 0.2) is 11.8 Å². The molecule has 1 aliphatic rings. The third-order valence-corrected chi connectivity index (χ3v) is 2.62. The van der Waals surface area contributed by atoms with Crippen LogP contribution in [0.5, 0.6) is 0 Å². The van der Waals surface area contributed by atoms with Crippen LogP contribution in [0.4, 0.5) is 0 Å². The van der Waals surface area contributed by atoms with Gasteiger partial charge in [0, 0.05) is 6.42 Å². The molecule has 0 aliphatic carbocycles. The van der Waals surface area contributed by atoms with E-state index in [1.54, 1.807) is 0 Å². The summed E-state index contributed by atoms with van der Waals surface area (Å²) in [5.74, 6) is 1.18. The molecule has 0 saturated carbocycles. The first-order chi connectivity index (χ1) is 6.88. The van der Waals surface area contributed by atoms with Crippen LogP contribution in [0.1, 0.15) is 46.0 Å². The number of unbranched alkanes of at least 4 members (excludes halogenated alkanes) is 2. The number of hydrogen-bond donors (Lipinski definition) is 1. The monoisotopic (exact) mass is 197 g/mol. The predicted octanol–water partition coefficient (Wildman–Crippen LogP) is 2.85. The average Bonchev–Trinajstić information content (AvgIpc) is 2.70. The molecule has 1 N–H and O–H groups in total. The zero-order valence-corrected chi connectivity index (χ0v) is 9.51. The minimum atomic E-state index is 0.467. The third kappa shape index (κ3) is 3.70. The molecule has 0 saturated heterocycles. The number of rotatable bonds is 7. The van der Waals surface area contributed by atoms with E-state index in [4.69, 9.17) is 4.74 Å². The summed E-state index contributed by atoms with van der Waals surface area (Å²) < 4.78 is 5.60. The molecule has 1 unspecified atom stereocenters. The molecular formula is C12H23NO. The second kappa shape index (κ2) is 6.88. The Balaban J connectivity index is 2.30. The normalized spacial score (nSPS) is 17.7. The van der Waals surface area contributed by atoms with Crippen molar-refractivity contribution in [2.45, 2.75) is 52.0 Å². The maximum Gasteiger partial charge on any atom is 0.109 e. The quantitative estimate of drug-likeness (QED) is 0.634. The van der Waals surface area contributed by atoms with Crippen LogP contribution in [0.25, 0.3) is 0 Å². The van der Waals surface area contributed by atoms with Gasteiger partial charge >= 0.3 is 0 Å². The number of likely N-dealkylation sites (N-methyl/N-ethyl adjacent to an activating group) is 1. The van der Waals surface area contributed by atoms with Crippen LogP contribution >= 0.6 is 0 Å². The van der Waals surface area contributed by atoms with Crippen molar-refractivity contribution in [3.05, 3.63) is 11.8 Å². The Bertz CT molecular complexity index is 177. The van der Waals surface area contributed by atoms with Crippen LogP contribution in [-0.2, 0) is 4.74 Å². The largest absolute Gasteiger partial charge is 0.496 e. The lowest BCUT2D eigenvalue weighted by molar-refractivity contribution is 0.211. The maximum atomic E-state index is 5.60. The van der Waals surface area contributed by atoms with E-state index in [0.29, 0.717) is 6.04 Å². The predicted molar refractivity (Wildman–Crippen MR) is 60.3 cm³/mol. The van der Waals surface area contributed by atoms with Crippen molar-refractivity contribution in [1.82, 2.24) is 5.32 Å². The van der Waals surface area contributed by atoms with E-state index >= 15 is 0 Å². The van der Waals surface area contributed by atoms with Crippen LogP contribution < -0.4 is 5.32 Å². The summed E-state index contributed by atoms with van der Waals surface area (Å²) in [5.41, 5.74) is 0. The molecular weight excluding hydrogens is 174 g/mol. The van der Waals surface area contributed by atoms with Gasteiger partial charge in [-0.25, -0.2) is 0 Å². The lowest BCUT2D eigenvalue weighted by atomic mass is 10.1. The van der Waals surface area contributed by atoms with Crippen molar-refractivity contribution in [2.75, 3.05) is 13.2 Å². The molecule has 0 fully saturated rings. The Morgan fingerprint density at radius 2 is 2.29 bits per heavy atom. The average molecular weight is 197 g/mol. The second-order valence-corrected chi connectivity index (χ2v) is 3.85.